The maximum Gasteiger partial charge on any atom is 0.338 e. The van der Waals surface area contributed by atoms with E-state index in [2.05, 4.69) is 76.6 Å². The monoisotopic (exact) mass is 584 g/mol. The molecule has 0 aromatic heterocycles. The van der Waals surface area contributed by atoms with Gasteiger partial charge in [-0.3, -0.25) is 0 Å². The van der Waals surface area contributed by atoms with Crippen LogP contribution in [0, 0.1) is 18.3 Å². The fraction of sp³-hybridized carbons (Fsp3) is 0.314. The molecule has 1 fully saturated rings. The Kier molecular flexibility index (Phi) is 8.38. The van der Waals surface area contributed by atoms with Crippen molar-refractivity contribution in [3.05, 3.63) is 131 Å². The van der Waals surface area contributed by atoms with Crippen LogP contribution >= 0.6 is 17.2 Å². The SMILES string of the molecule is CPC1(c2ccccc2C)C(OC(=O)c2ccccc2)C(OC(=O)c2ccccc2)[C@](C)(PC)C2(C)C=CC=CC12. The summed E-state index contributed by atoms with van der Waals surface area (Å²) in [6, 6.07) is 26.6. The molecule has 0 spiro atoms. The molecule has 6 heteroatoms. The van der Waals surface area contributed by atoms with Crippen molar-refractivity contribution < 1.29 is 19.1 Å². The van der Waals surface area contributed by atoms with Gasteiger partial charge in [-0.15, -0.1) is 17.2 Å². The van der Waals surface area contributed by atoms with Gasteiger partial charge < -0.3 is 9.47 Å². The minimum absolute atomic E-state index is 0.00198. The molecule has 212 valence electrons. The summed E-state index contributed by atoms with van der Waals surface area (Å²) < 4.78 is 13.3. The van der Waals surface area contributed by atoms with Crippen LogP contribution < -0.4 is 0 Å². The van der Waals surface area contributed by atoms with Gasteiger partial charge in [0.1, 0.15) is 6.10 Å². The predicted molar refractivity (Wildman–Crippen MR) is 171 cm³/mol. The van der Waals surface area contributed by atoms with E-state index in [0.29, 0.717) is 28.3 Å². The molecule has 3 aromatic carbocycles. The first-order chi connectivity index (χ1) is 19.7. The highest BCUT2D eigenvalue weighted by atomic mass is 31.1. The average molecular weight is 585 g/mol. The second-order valence-electron chi connectivity index (χ2n) is 11.3. The Bertz CT molecular complexity index is 1470. The Labute approximate surface area is 247 Å². The van der Waals surface area contributed by atoms with Crippen molar-refractivity contribution in [2.75, 3.05) is 13.3 Å². The minimum atomic E-state index is -0.723. The van der Waals surface area contributed by atoms with E-state index >= 15 is 0 Å². The van der Waals surface area contributed by atoms with Gasteiger partial charge in [-0.25, -0.2) is 9.59 Å². The van der Waals surface area contributed by atoms with E-state index in [9.17, 15) is 9.59 Å². The first-order valence-corrected chi connectivity index (χ1v) is 17.0. The molecule has 7 unspecified atom stereocenters. The fourth-order valence-electron chi connectivity index (χ4n) is 6.93. The second-order valence-corrected chi connectivity index (χ2v) is 14.1. The average Bonchev–Trinajstić information content (AvgIpc) is 3.01. The number of fused-ring (bicyclic) bond motifs is 1. The molecule has 2 aliphatic carbocycles. The molecule has 8 atom stereocenters. The molecule has 41 heavy (non-hydrogen) atoms. The number of aryl methyl sites for hydroxylation is 1. The van der Waals surface area contributed by atoms with Crippen molar-refractivity contribution in [1.82, 2.24) is 0 Å². The van der Waals surface area contributed by atoms with Crippen LogP contribution in [0.5, 0.6) is 0 Å². The van der Waals surface area contributed by atoms with Crippen molar-refractivity contribution in [3.63, 3.8) is 0 Å². The van der Waals surface area contributed by atoms with Crippen molar-refractivity contribution in [3.8, 4) is 0 Å². The van der Waals surface area contributed by atoms with Gasteiger partial charge in [0.25, 0.3) is 0 Å². The maximum absolute atomic E-state index is 13.9. The molecule has 4 nitrogen and oxygen atoms in total. The predicted octanol–water partition coefficient (Wildman–Crippen LogP) is 7.78. The van der Waals surface area contributed by atoms with E-state index in [1.807, 2.05) is 42.5 Å². The number of ether oxygens (including phenoxy) is 2. The summed E-state index contributed by atoms with van der Waals surface area (Å²) in [5.74, 6) is -0.813. The van der Waals surface area contributed by atoms with E-state index in [-0.39, 0.29) is 11.3 Å². The summed E-state index contributed by atoms with van der Waals surface area (Å²) in [5.41, 5.74) is 2.84. The Morgan fingerprint density at radius 1 is 0.707 bits per heavy atom. The van der Waals surface area contributed by atoms with Crippen LogP contribution in [0.1, 0.15) is 45.7 Å². The van der Waals surface area contributed by atoms with E-state index in [4.69, 9.17) is 9.47 Å². The summed E-state index contributed by atoms with van der Waals surface area (Å²) in [4.78, 5) is 27.7. The molecule has 1 saturated carbocycles. The molecule has 5 rings (SSSR count). The zero-order valence-electron chi connectivity index (χ0n) is 24.3. The summed E-state index contributed by atoms with van der Waals surface area (Å²) in [6.07, 6.45) is 7.39. The zero-order valence-corrected chi connectivity index (χ0v) is 26.3. The normalized spacial score (nSPS) is 30.9. The van der Waals surface area contributed by atoms with Crippen LogP contribution in [0.3, 0.4) is 0 Å². The number of hydrogen-bond donors (Lipinski definition) is 0. The Hall–Kier alpha value is -3.06. The van der Waals surface area contributed by atoms with Gasteiger partial charge in [-0.05, 0) is 55.6 Å². The summed E-state index contributed by atoms with van der Waals surface area (Å²) in [6.45, 7) is 11.0. The van der Waals surface area contributed by atoms with Gasteiger partial charge in [0.05, 0.1) is 16.3 Å². The number of esters is 2. The van der Waals surface area contributed by atoms with Crippen LogP contribution in [-0.4, -0.2) is 42.6 Å². The smallest absolute Gasteiger partial charge is 0.338 e. The molecule has 0 saturated heterocycles. The standard InChI is InChI=1S/C35H38O4P2/c1-24-16-12-13-21-27(24)35(41-5)28-22-14-15-23-33(28,2)34(3,40-4)29(38-31(36)25-17-8-6-9-18-25)30(35)39-32(37)26-19-10-7-11-20-26/h6-23,28-30,40-41H,1-5H3/t28?,29?,30?,33?,34-,35?/m0/s1. The van der Waals surface area contributed by atoms with Crippen molar-refractivity contribution in [2.45, 2.75) is 43.3 Å². The second kappa shape index (κ2) is 11.7. The molecule has 0 amide bonds. The Morgan fingerprint density at radius 3 is 1.78 bits per heavy atom. The van der Waals surface area contributed by atoms with Crippen molar-refractivity contribution in [2.24, 2.45) is 11.3 Å². The number of allylic oxidation sites excluding steroid dienone is 4. The molecule has 0 heterocycles. The number of hydrogen-bond acceptors (Lipinski definition) is 4. The molecule has 3 aromatic rings. The van der Waals surface area contributed by atoms with E-state index < -0.39 is 34.5 Å². The third kappa shape index (κ3) is 4.80. The summed E-state index contributed by atoms with van der Waals surface area (Å²) in [7, 11) is 0.765. The molecule has 0 radical (unpaired) electrons. The van der Waals surface area contributed by atoms with Crippen LogP contribution in [0.4, 0.5) is 0 Å². The van der Waals surface area contributed by atoms with Gasteiger partial charge in [0, 0.05) is 16.5 Å². The van der Waals surface area contributed by atoms with Gasteiger partial charge in [-0.1, -0.05) is 98.8 Å². The molecular weight excluding hydrogens is 546 g/mol. The largest absolute Gasteiger partial charge is 0.454 e. The van der Waals surface area contributed by atoms with Gasteiger partial charge >= 0.3 is 11.9 Å². The van der Waals surface area contributed by atoms with E-state index in [1.54, 1.807) is 24.3 Å². The number of rotatable bonds is 7. The zero-order chi connectivity index (χ0) is 29.3. The maximum atomic E-state index is 13.9. The van der Waals surface area contributed by atoms with Gasteiger partial charge in [0.2, 0.25) is 0 Å². The molecule has 0 bridgehead atoms. The number of carbonyl (C=O) groups excluding carboxylic acids is 2. The van der Waals surface area contributed by atoms with Crippen molar-refractivity contribution >= 4 is 29.1 Å². The molecule has 0 aliphatic heterocycles. The quantitative estimate of drug-likeness (QED) is 0.210. The van der Waals surface area contributed by atoms with Crippen molar-refractivity contribution in [1.29, 1.82) is 0 Å². The van der Waals surface area contributed by atoms with Crippen LogP contribution in [0.2, 0.25) is 0 Å². The lowest BCUT2D eigenvalue weighted by molar-refractivity contribution is -0.119. The van der Waals surface area contributed by atoms with Crippen LogP contribution in [0.15, 0.2) is 109 Å². The van der Waals surface area contributed by atoms with Gasteiger partial charge in [0.15, 0.2) is 6.10 Å². The lowest BCUT2D eigenvalue weighted by Crippen LogP contribution is -2.71. The molecular formula is C35H38O4P2. The van der Waals surface area contributed by atoms with E-state index in [1.165, 1.54) is 0 Å². The third-order valence-corrected chi connectivity index (χ3v) is 13.0. The Balaban J connectivity index is 1.77. The summed E-state index contributed by atoms with van der Waals surface area (Å²) in [5, 5.41) is -1.15. The van der Waals surface area contributed by atoms with Gasteiger partial charge in [-0.2, -0.15) is 0 Å². The first kappa shape index (κ1) is 29.4. The fourth-order valence-corrected chi connectivity index (χ4v) is 9.96. The highest BCUT2D eigenvalue weighted by Gasteiger charge is 2.70. The number of carbonyl (C=O) groups is 2. The topological polar surface area (TPSA) is 52.6 Å². The third-order valence-electron chi connectivity index (χ3n) is 9.42. The molecule has 0 N–H and O–H groups in total. The molecule has 2 aliphatic rings. The minimum Gasteiger partial charge on any atom is -0.454 e. The highest BCUT2D eigenvalue weighted by Crippen LogP contribution is 2.69. The lowest BCUT2D eigenvalue weighted by atomic mass is 9.52. The first-order valence-electron chi connectivity index (χ1n) is 14.0. The summed E-state index contributed by atoms with van der Waals surface area (Å²) >= 11 is 0. The van der Waals surface area contributed by atoms with Crippen LogP contribution in [0.25, 0.3) is 0 Å². The highest BCUT2D eigenvalue weighted by molar-refractivity contribution is 7.39. The van der Waals surface area contributed by atoms with E-state index in [0.717, 1.165) is 11.1 Å². The number of benzene rings is 3. The lowest BCUT2D eigenvalue weighted by Gasteiger charge is -2.65. The Morgan fingerprint density at radius 2 is 1.24 bits per heavy atom. The van der Waals surface area contributed by atoms with Crippen LogP contribution in [-0.2, 0) is 14.6 Å².